The van der Waals surface area contributed by atoms with Crippen LogP contribution in [-0.4, -0.2) is 38.8 Å². The molecule has 1 saturated heterocycles. The van der Waals surface area contributed by atoms with Gasteiger partial charge in [-0.15, -0.1) is 11.3 Å². The van der Waals surface area contributed by atoms with E-state index in [1.165, 1.54) is 15.6 Å². The number of hydrogen-bond acceptors (Lipinski definition) is 5. The molecule has 20 heavy (non-hydrogen) atoms. The number of carbonyl (C=O) groups excluding carboxylic acids is 1. The SMILES string of the molecule is CNC(=O)C1CCN(S(=O)(=O)c2ccc(CN)s2)CC1. The summed E-state index contributed by atoms with van der Waals surface area (Å²) < 4.78 is 26.7. The first-order valence-electron chi connectivity index (χ1n) is 6.49. The van der Waals surface area contributed by atoms with Crippen molar-refractivity contribution in [1.82, 2.24) is 9.62 Å². The van der Waals surface area contributed by atoms with Gasteiger partial charge in [-0.05, 0) is 25.0 Å². The van der Waals surface area contributed by atoms with E-state index in [0.29, 0.717) is 36.7 Å². The summed E-state index contributed by atoms with van der Waals surface area (Å²) in [6.07, 6.45) is 1.13. The van der Waals surface area contributed by atoms with E-state index in [9.17, 15) is 13.2 Å². The van der Waals surface area contributed by atoms with Gasteiger partial charge in [0, 0.05) is 37.5 Å². The third kappa shape index (κ3) is 3.03. The summed E-state index contributed by atoms with van der Waals surface area (Å²) in [5.74, 6) is -0.0991. The Labute approximate surface area is 123 Å². The maximum Gasteiger partial charge on any atom is 0.252 e. The lowest BCUT2D eigenvalue weighted by molar-refractivity contribution is -0.125. The van der Waals surface area contributed by atoms with Crippen LogP contribution in [0.25, 0.3) is 0 Å². The molecule has 3 N–H and O–H groups in total. The van der Waals surface area contributed by atoms with E-state index < -0.39 is 10.0 Å². The molecule has 1 amide bonds. The minimum atomic E-state index is -3.44. The van der Waals surface area contributed by atoms with Gasteiger partial charge in [0.1, 0.15) is 4.21 Å². The number of thiophene rings is 1. The largest absolute Gasteiger partial charge is 0.359 e. The van der Waals surface area contributed by atoms with Gasteiger partial charge in [-0.2, -0.15) is 4.31 Å². The minimum Gasteiger partial charge on any atom is -0.359 e. The number of nitrogens with two attached hydrogens (primary N) is 1. The first-order chi connectivity index (χ1) is 9.48. The van der Waals surface area contributed by atoms with E-state index in [1.807, 2.05) is 0 Å². The average molecular weight is 317 g/mol. The van der Waals surface area contributed by atoms with Gasteiger partial charge < -0.3 is 11.1 Å². The summed E-state index contributed by atoms with van der Waals surface area (Å²) in [6.45, 7) is 1.12. The number of nitrogens with zero attached hydrogens (tertiary/aromatic N) is 1. The molecule has 0 saturated carbocycles. The molecule has 1 aromatic heterocycles. The third-order valence-corrected chi connectivity index (χ3v) is 6.98. The zero-order chi connectivity index (χ0) is 14.8. The van der Waals surface area contributed by atoms with E-state index in [0.717, 1.165) is 4.88 Å². The third-order valence-electron chi connectivity index (χ3n) is 3.50. The Hall–Kier alpha value is -0.960. The molecular weight excluding hydrogens is 298 g/mol. The van der Waals surface area contributed by atoms with Crippen molar-refractivity contribution in [3.8, 4) is 0 Å². The van der Waals surface area contributed by atoms with E-state index in [2.05, 4.69) is 5.32 Å². The number of carbonyl (C=O) groups is 1. The van der Waals surface area contributed by atoms with Crippen molar-refractivity contribution >= 4 is 27.3 Å². The fourth-order valence-electron chi connectivity index (χ4n) is 2.30. The Morgan fingerprint density at radius 1 is 1.45 bits per heavy atom. The zero-order valence-corrected chi connectivity index (χ0v) is 13.0. The monoisotopic (exact) mass is 317 g/mol. The molecule has 2 rings (SSSR count). The molecule has 0 bridgehead atoms. The van der Waals surface area contributed by atoms with Crippen LogP contribution in [0.4, 0.5) is 0 Å². The molecule has 0 aromatic carbocycles. The summed E-state index contributed by atoms with van der Waals surface area (Å²) in [5, 5.41) is 2.61. The first kappa shape index (κ1) is 15.4. The molecule has 0 spiro atoms. The second kappa shape index (κ2) is 6.21. The Bertz CT molecular complexity index is 575. The van der Waals surface area contributed by atoms with Gasteiger partial charge in [-0.3, -0.25) is 4.79 Å². The van der Waals surface area contributed by atoms with Crippen LogP contribution in [0.2, 0.25) is 0 Å². The van der Waals surface area contributed by atoms with Crippen molar-refractivity contribution in [1.29, 1.82) is 0 Å². The summed E-state index contributed by atoms with van der Waals surface area (Å²) in [5.41, 5.74) is 5.51. The Morgan fingerprint density at radius 3 is 2.60 bits per heavy atom. The second-order valence-electron chi connectivity index (χ2n) is 4.72. The van der Waals surface area contributed by atoms with Crippen LogP contribution < -0.4 is 11.1 Å². The fourth-order valence-corrected chi connectivity index (χ4v) is 5.15. The van der Waals surface area contributed by atoms with E-state index >= 15 is 0 Å². The smallest absolute Gasteiger partial charge is 0.252 e. The molecule has 1 aromatic rings. The predicted octanol–water partition coefficient (Wildman–Crippen LogP) is 0.354. The predicted molar refractivity (Wildman–Crippen MR) is 77.8 cm³/mol. The topological polar surface area (TPSA) is 92.5 Å². The summed E-state index contributed by atoms with van der Waals surface area (Å²) in [6, 6.07) is 3.35. The van der Waals surface area contributed by atoms with Crippen LogP contribution in [0, 0.1) is 5.92 Å². The normalized spacial score (nSPS) is 18.1. The Kier molecular flexibility index (Phi) is 4.79. The number of rotatable bonds is 4. The summed E-state index contributed by atoms with van der Waals surface area (Å²) >= 11 is 1.21. The van der Waals surface area contributed by atoms with Crippen LogP contribution in [0.5, 0.6) is 0 Å². The number of hydrogen-bond donors (Lipinski definition) is 2. The standard InChI is InChI=1S/C12H19N3O3S2/c1-14-12(16)9-4-6-15(7-5-9)20(17,18)11-3-2-10(8-13)19-11/h2-3,9H,4-8,13H2,1H3,(H,14,16). The van der Waals surface area contributed by atoms with Crippen LogP contribution in [0.15, 0.2) is 16.3 Å². The van der Waals surface area contributed by atoms with Gasteiger partial charge in [0.2, 0.25) is 5.91 Å². The van der Waals surface area contributed by atoms with Crippen LogP contribution in [0.1, 0.15) is 17.7 Å². The van der Waals surface area contributed by atoms with Gasteiger partial charge in [-0.25, -0.2) is 8.42 Å². The quantitative estimate of drug-likeness (QED) is 0.838. The second-order valence-corrected chi connectivity index (χ2v) is 8.05. The van der Waals surface area contributed by atoms with Crippen LogP contribution in [0.3, 0.4) is 0 Å². The highest BCUT2D eigenvalue weighted by molar-refractivity contribution is 7.91. The highest BCUT2D eigenvalue weighted by atomic mass is 32.2. The molecule has 0 aliphatic carbocycles. The average Bonchev–Trinajstić information content (AvgIpc) is 2.96. The highest BCUT2D eigenvalue weighted by Crippen LogP contribution is 2.28. The van der Waals surface area contributed by atoms with E-state index in [-0.39, 0.29) is 11.8 Å². The number of sulfonamides is 1. The molecule has 0 radical (unpaired) electrons. The number of amides is 1. The fraction of sp³-hybridized carbons (Fsp3) is 0.583. The van der Waals surface area contributed by atoms with Gasteiger partial charge in [0.05, 0.1) is 0 Å². The van der Waals surface area contributed by atoms with Gasteiger partial charge in [0.25, 0.3) is 10.0 Å². The lowest BCUT2D eigenvalue weighted by atomic mass is 9.97. The molecule has 0 unspecified atom stereocenters. The minimum absolute atomic E-state index is 0.0106. The van der Waals surface area contributed by atoms with Crippen molar-refractivity contribution in [3.63, 3.8) is 0 Å². The first-order valence-corrected chi connectivity index (χ1v) is 8.75. The molecule has 112 valence electrons. The zero-order valence-electron chi connectivity index (χ0n) is 11.3. The number of nitrogens with one attached hydrogen (secondary N) is 1. The Balaban J connectivity index is 2.07. The van der Waals surface area contributed by atoms with Crippen molar-refractivity contribution < 1.29 is 13.2 Å². The van der Waals surface area contributed by atoms with Gasteiger partial charge in [0.15, 0.2) is 0 Å². The Morgan fingerprint density at radius 2 is 2.10 bits per heavy atom. The van der Waals surface area contributed by atoms with E-state index in [1.54, 1.807) is 19.2 Å². The molecule has 8 heteroatoms. The van der Waals surface area contributed by atoms with Crippen LogP contribution >= 0.6 is 11.3 Å². The molecular formula is C12H19N3O3S2. The maximum atomic E-state index is 12.5. The van der Waals surface area contributed by atoms with Gasteiger partial charge >= 0.3 is 0 Å². The lowest BCUT2D eigenvalue weighted by Crippen LogP contribution is -2.42. The van der Waals surface area contributed by atoms with Crippen LogP contribution in [-0.2, 0) is 21.4 Å². The lowest BCUT2D eigenvalue weighted by Gasteiger charge is -2.29. The van der Waals surface area contributed by atoms with Crippen molar-refractivity contribution in [2.75, 3.05) is 20.1 Å². The highest BCUT2D eigenvalue weighted by Gasteiger charge is 2.32. The molecule has 0 atom stereocenters. The molecule has 6 nitrogen and oxygen atoms in total. The van der Waals surface area contributed by atoms with Crippen molar-refractivity contribution in [2.24, 2.45) is 11.7 Å². The molecule has 1 fully saturated rings. The number of piperidine rings is 1. The van der Waals surface area contributed by atoms with Crippen molar-refractivity contribution in [3.05, 3.63) is 17.0 Å². The molecule has 1 aliphatic heterocycles. The summed E-state index contributed by atoms with van der Waals surface area (Å²) in [4.78, 5) is 12.4. The molecule has 1 aliphatic rings. The maximum absolute atomic E-state index is 12.5. The van der Waals surface area contributed by atoms with Crippen molar-refractivity contribution in [2.45, 2.75) is 23.6 Å². The molecule has 2 heterocycles. The summed E-state index contributed by atoms with van der Waals surface area (Å²) in [7, 11) is -1.84. The van der Waals surface area contributed by atoms with Gasteiger partial charge in [-0.1, -0.05) is 0 Å². The van der Waals surface area contributed by atoms with E-state index in [4.69, 9.17) is 5.73 Å².